The molecule has 1 aliphatic heterocycles. The van der Waals surface area contributed by atoms with Crippen molar-refractivity contribution in [3.05, 3.63) is 35.9 Å². The van der Waals surface area contributed by atoms with E-state index in [1.54, 1.807) is 11.8 Å². The first-order valence-corrected chi connectivity index (χ1v) is 8.21. The molecule has 1 saturated heterocycles. The molecule has 5 heteroatoms. The minimum Gasteiger partial charge on any atom is -0.344 e. The number of hydrogen-bond donors (Lipinski definition) is 1. The smallest absolute Gasteiger partial charge is 0.245 e. The predicted molar refractivity (Wildman–Crippen MR) is 81.7 cm³/mol. The molecule has 0 saturated carbocycles. The number of nitrogens with one attached hydrogen (secondary N) is 1. The Morgan fingerprint density at radius 3 is 2.75 bits per heavy atom. The molecule has 1 aliphatic rings. The molecule has 0 bridgehead atoms. The average Bonchev–Trinajstić information content (AvgIpc) is 2.59. The lowest BCUT2D eigenvalue weighted by Crippen LogP contribution is -2.46. The van der Waals surface area contributed by atoms with E-state index in [-0.39, 0.29) is 11.8 Å². The van der Waals surface area contributed by atoms with Gasteiger partial charge < -0.3 is 10.2 Å². The van der Waals surface area contributed by atoms with Crippen LogP contribution in [-0.2, 0) is 16.0 Å². The van der Waals surface area contributed by atoms with Gasteiger partial charge in [-0.15, -0.1) is 0 Å². The lowest BCUT2D eigenvalue weighted by Gasteiger charge is -2.23. The SMILES string of the molecule is CSCCN1CCC(=O)NC(Cc2ccccc2)C1=O. The van der Waals surface area contributed by atoms with Crippen LogP contribution in [0.3, 0.4) is 0 Å². The van der Waals surface area contributed by atoms with Gasteiger partial charge in [0.05, 0.1) is 0 Å². The second-order valence-electron chi connectivity index (χ2n) is 4.88. The first-order valence-electron chi connectivity index (χ1n) is 6.81. The molecule has 1 atom stereocenters. The summed E-state index contributed by atoms with van der Waals surface area (Å²) < 4.78 is 0. The summed E-state index contributed by atoms with van der Waals surface area (Å²) in [5.41, 5.74) is 1.07. The van der Waals surface area contributed by atoms with Crippen LogP contribution in [0.25, 0.3) is 0 Å². The molecular formula is C15H20N2O2S. The minimum absolute atomic E-state index is 0.0359. The number of hydrogen-bond acceptors (Lipinski definition) is 3. The zero-order valence-corrected chi connectivity index (χ0v) is 12.5. The summed E-state index contributed by atoms with van der Waals surface area (Å²) in [5, 5.41) is 2.85. The Morgan fingerprint density at radius 1 is 1.30 bits per heavy atom. The fourth-order valence-electron chi connectivity index (χ4n) is 2.31. The molecule has 2 rings (SSSR count). The molecule has 1 N–H and O–H groups in total. The van der Waals surface area contributed by atoms with Crippen molar-refractivity contribution in [3.63, 3.8) is 0 Å². The zero-order valence-electron chi connectivity index (χ0n) is 11.7. The highest BCUT2D eigenvalue weighted by atomic mass is 32.2. The van der Waals surface area contributed by atoms with Gasteiger partial charge in [-0.05, 0) is 11.8 Å². The Hall–Kier alpha value is -1.49. The van der Waals surface area contributed by atoms with Gasteiger partial charge in [0.25, 0.3) is 0 Å². The summed E-state index contributed by atoms with van der Waals surface area (Å²) in [7, 11) is 0. The van der Waals surface area contributed by atoms with Gasteiger partial charge in [0.2, 0.25) is 11.8 Å². The minimum atomic E-state index is -0.436. The summed E-state index contributed by atoms with van der Waals surface area (Å²) in [6, 6.07) is 9.37. The molecular weight excluding hydrogens is 272 g/mol. The van der Waals surface area contributed by atoms with Crippen LogP contribution in [0.2, 0.25) is 0 Å². The molecule has 0 aliphatic carbocycles. The summed E-state index contributed by atoms with van der Waals surface area (Å²) in [6.07, 6.45) is 2.97. The molecule has 4 nitrogen and oxygen atoms in total. The third-order valence-corrected chi connectivity index (χ3v) is 3.99. The highest BCUT2D eigenvalue weighted by Crippen LogP contribution is 2.10. The van der Waals surface area contributed by atoms with Crippen LogP contribution in [-0.4, -0.2) is 47.9 Å². The first-order chi connectivity index (χ1) is 9.70. The topological polar surface area (TPSA) is 49.4 Å². The summed E-state index contributed by atoms with van der Waals surface area (Å²) in [6.45, 7) is 1.23. The van der Waals surface area contributed by atoms with Crippen LogP contribution >= 0.6 is 11.8 Å². The molecule has 1 heterocycles. The fourth-order valence-corrected chi connectivity index (χ4v) is 2.71. The van der Waals surface area contributed by atoms with E-state index in [2.05, 4.69) is 5.32 Å². The maximum Gasteiger partial charge on any atom is 0.245 e. The number of nitrogens with zero attached hydrogens (tertiary/aromatic N) is 1. The largest absolute Gasteiger partial charge is 0.344 e. The maximum atomic E-state index is 12.5. The van der Waals surface area contributed by atoms with E-state index in [4.69, 9.17) is 0 Å². The van der Waals surface area contributed by atoms with E-state index in [0.717, 1.165) is 11.3 Å². The van der Waals surface area contributed by atoms with Gasteiger partial charge in [0.15, 0.2) is 0 Å². The van der Waals surface area contributed by atoms with E-state index >= 15 is 0 Å². The van der Waals surface area contributed by atoms with Crippen LogP contribution < -0.4 is 5.32 Å². The second-order valence-corrected chi connectivity index (χ2v) is 5.86. The quantitative estimate of drug-likeness (QED) is 0.890. The number of rotatable bonds is 5. The van der Waals surface area contributed by atoms with Crippen molar-refractivity contribution in [1.82, 2.24) is 10.2 Å². The van der Waals surface area contributed by atoms with Crippen molar-refractivity contribution < 1.29 is 9.59 Å². The standard InChI is InChI=1S/C15H20N2O2S/c1-20-10-9-17-8-7-14(18)16-13(15(17)19)11-12-5-3-2-4-6-12/h2-6,13H,7-11H2,1H3,(H,16,18). The summed E-state index contributed by atoms with van der Waals surface area (Å²) in [4.78, 5) is 26.1. The van der Waals surface area contributed by atoms with Crippen LogP contribution in [0.4, 0.5) is 0 Å². The van der Waals surface area contributed by atoms with E-state index in [1.165, 1.54) is 0 Å². The monoisotopic (exact) mass is 292 g/mol. The fraction of sp³-hybridized carbons (Fsp3) is 0.467. The maximum absolute atomic E-state index is 12.5. The van der Waals surface area contributed by atoms with E-state index in [0.29, 0.717) is 25.9 Å². The molecule has 1 aromatic carbocycles. The van der Waals surface area contributed by atoms with Crippen molar-refractivity contribution in [1.29, 1.82) is 0 Å². The molecule has 0 spiro atoms. The molecule has 20 heavy (non-hydrogen) atoms. The van der Waals surface area contributed by atoms with Crippen LogP contribution in [0.15, 0.2) is 30.3 Å². The van der Waals surface area contributed by atoms with Crippen LogP contribution in [0.5, 0.6) is 0 Å². The Balaban J connectivity index is 2.08. The van der Waals surface area contributed by atoms with Crippen molar-refractivity contribution >= 4 is 23.6 Å². The number of carbonyl (C=O) groups excluding carboxylic acids is 2. The lowest BCUT2D eigenvalue weighted by molar-refractivity contribution is -0.133. The van der Waals surface area contributed by atoms with Gasteiger partial charge in [-0.2, -0.15) is 11.8 Å². The van der Waals surface area contributed by atoms with Crippen molar-refractivity contribution in [2.75, 3.05) is 25.1 Å². The Morgan fingerprint density at radius 2 is 2.05 bits per heavy atom. The van der Waals surface area contributed by atoms with E-state index in [1.807, 2.05) is 41.5 Å². The normalized spacial score (nSPS) is 19.6. The van der Waals surface area contributed by atoms with Gasteiger partial charge in [0, 0.05) is 31.7 Å². The number of thioether (sulfide) groups is 1. The highest BCUT2D eigenvalue weighted by Gasteiger charge is 2.29. The summed E-state index contributed by atoms with van der Waals surface area (Å²) >= 11 is 1.71. The zero-order chi connectivity index (χ0) is 14.4. The van der Waals surface area contributed by atoms with Gasteiger partial charge in [-0.1, -0.05) is 30.3 Å². The van der Waals surface area contributed by atoms with Crippen molar-refractivity contribution in [3.8, 4) is 0 Å². The Bertz CT molecular complexity index is 464. The number of carbonyl (C=O) groups is 2. The summed E-state index contributed by atoms with van der Waals surface area (Å²) in [5.74, 6) is 0.900. The van der Waals surface area contributed by atoms with Crippen molar-refractivity contribution in [2.45, 2.75) is 18.9 Å². The Labute approximate surface area is 123 Å². The Kier molecular flexibility index (Phi) is 5.47. The molecule has 1 fully saturated rings. The molecule has 0 radical (unpaired) electrons. The average molecular weight is 292 g/mol. The number of benzene rings is 1. The third kappa shape index (κ3) is 4.00. The van der Waals surface area contributed by atoms with Gasteiger partial charge in [-0.25, -0.2) is 0 Å². The molecule has 1 unspecified atom stereocenters. The van der Waals surface area contributed by atoms with Crippen LogP contribution in [0.1, 0.15) is 12.0 Å². The van der Waals surface area contributed by atoms with E-state index in [9.17, 15) is 9.59 Å². The number of amides is 2. The third-order valence-electron chi connectivity index (χ3n) is 3.40. The van der Waals surface area contributed by atoms with Crippen molar-refractivity contribution in [2.24, 2.45) is 0 Å². The molecule has 2 amide bonds. The lowest BCUT2D eigenvalue weighted by atomic mass is 10.1. The van der Waals surface area contributed by atoms with Gasteiger partial charge in [-0.3, -0.25) is 9.59 Å². The first kappa shape index (κ1) is 14.9. The molecule has 108 valence electrons. The second kappa shape index (κ2) is 7.33. The molecule has 1 aromatic rings. The molecule has 0 aromatic heterocycles. The van der Waals surface area contributed by atoms with Gasteiger partial charge in [0.1, 0.15) is 6.04 Å². The van der Waals surface area contributed by atoms with E-state index < -0.39 is 6.04 Å². The predicted octanol–water partition coefficient (Wildman–Crippen LogP) is 1.31. The van der Waals surface area contributed by atoms with Gasteiger partial charge >= 0.3 is 0 Å². The highest BCUT2D eigenvalue weighted by molar-refractivity contribution is 7.98. The van der Waals surface area contributed by atoms with Crippen LogP contribution in [0, 0.1) is 0 Å².